The lowest BCUT2D eigenvalue weighted by atomic mass is 9.88. The highest BCUT2D eigenvalue weighted by molar-refractivity contribution is 7.99. The smallest absolute Gasteiger partial charge is 0.308 e. The minimum atomic E-state index is -0.868. The molecule has 3 unspecified atom stereocenters. The first kappa shape index (κ1) is 18.0. The lowest BCUT2D eigenvalue weighted by Crippen LogP contribution is -2.30. The number of carbonyl (C=O) groups is 2. The summed E-state index contributed by atoms with van der Waals surface area (Å²) in [5.74, 6) is -1.96. The van der Waals surface area contributed by atoms with Crippen molar-refractivity contribution in [2.24, 2.45) is 11.8 Å². The van der Waals surface area contributed by atoms with Crippen LogP contribution in [-0.4, -0.2) is 28.4 Å². The van der Waals surface area contributed by atoms with Gasteiger partial charge in [-0.15, -0.1) is 0 Å². The monoisotopic (exact) mass is 374 g/mol. The van der Waals surface area contributed by atoms with Gasteiger partial charge in [-0.05, 0) is 42.4 Å². The van der Waals surface area contributed by atoms with Crippen LogP contribution >= 0.6 is 23.4 Å². The number of ketones is 1. The van der Waals surface area contributed by atoms with Gasteiger partial charge < -0.3 is 5.11 Å². The van der Waals surface area contributed by atoms with Crippen molar-refractivity contribution in [1.82, 2.24) is 0 Å². The van der Waals surface area contributed by atoms with Crippen molar-refractivity contribution in [3.8, 4) is 11.1 Å². The van der Waals surface area contributed by atoms with E-state index in [0.717, 1.165) is 17.5 Å². The fraction of sp³-hybridized carbons (Fsp3) is 0.300. The quantitative estimate of drug-likeness (QED) is 0.745. The van der Waals surface area contributed by atoms with Crippen LogP contribution in [0.5, 0.6) is 0 Å². The van der Waals surface area contributed by atoms with Gasteiger partial charge in [0.05, 0.1) is 5.92 Å². The first-order valence-electron chi connectivity index (χ1n) is 8.17. The summed E-state index contributed by atoms with van der Waals surface area (Å²) in [4.78, 5) is 24.4. The predicted molar refractivity (Wildman–Crippen MR) is 102 cm³/mol. The Morgan fingerprint density at radius 1 is 1.00 bits per heavy atom. The number of halogens is 1. The Hall–Kier alpha value is -1.78. The molecule has 0 bridgehead atoms. The third kappa shape index (κ3) is 3.75. The van der Waals surface area contributed by atoms with Crippen molar-refractivity contribution >= 4 is 35.1 Å². The van der Waals surface area contributed by atoms with Gasteiger partial charge in [0.2, 0.25) is 0 Å². The number of hydrogen-bond acceptors (Lipinski definition) is 3. The Kier molecular flexibility index (Phi) is 5.50. The molecule has 3 nitrogen and oxygen atoms in total. The molecule has 3 rings (SSSR count). The highest BCUT2D eigenvalue weighted by Crippen LogP contribution is 2.40. The number of Topliss-reactive ketones (excluding diaryl/α,β-unsaturated/α-hetero) is 1. The minimum Gasteiger partial charge on any atom is -0.481 e. The van der Waals surface area contributed by atoms with Gasteiger partial charge in [-0.25, -0.2) is 0 Å². The van der Waals surface area contributed by atoms with E-state index < -0.39 is 17.8 Å². The Bertz CT molecular complexity index is 771. The lowest BCUT2D eigenvalue weighted by Gasteiger charge is -2.19. The zero-order valence-corrected chi connectivity index (χ0v) is 15.4. The van der Waals surface area contributed by atoms with E-state index >= 15 is 0 Å². The number of aliphatic carboxylic acids is 1. The number of thioether (sulfide) groups is 1. The molecule has 25 heavy (non-hydrogen) atoms. The number of benzene rings is 2. The number of rotatable bonds is 5. The molecule has 1 fully saturated rings. The maximum atomic E-state index is 12.8. The van der Waals surface area contributed by atoms with E-state index in [1.807, 2.05) is 42.7 Å². The van der Waals surface area contributed by atoms with Crippen molar-refractivity contribution in [3.63, 3.8) is 0 Å². The summed E-state index contributed by atoms with van der Waals surface area (Å²) in [5.41, 5.74) is 2.60. The number of carboxylic acids is 1. The van der Waals surface area contributed by atoms with Gasteiger partial charge in [0.1, 0.15) is 0 Å². The van der Waals surface area contributed by atoms with Gasteiger partial charge in [0, 0.05) is 21.8 Å². The minimum absolute atomic E-state index is 0.0137. The van der Waals surface area contributed by atoms with Gasteiger partial charge in [-0.3, -0.25) is 9.59 Å². The topological polar surface area (TPSA) is 54.4 Å². The van der Waals surface area contributed by atoms with Crippen molar-refractivity contribution in [2.75, 3.05) is 6.26 Å². The zero-order valence-electron chi connectivity index (χ0n) is 13.8. The largest absolute Gasteiger partial charge is 0.481 e. The highest BCUT2D eigenvalue weighted by atomic mass is 35.5. The standard InChI is InChI=1S/C20H19ClO3S/c1-25-17-11-10-16(18(17)20(23)24)19(22)14-4-2-12(3-5-14)13-6-8-15(21)9-7-13/h2-9,16-18H,10-11H2,1H3,(H,23,24). The summed E-state index contributed by atoms with van der Waals surface area (Å²) in [6, 6.07) is 14.9. The van der Waals surface area contributed by atoms with Gasteiger partial charge in [0.15, 0.2) is 5.78 Å². The number of hydrogen-bond donors (Lipinski definition) is 1. The van der Waals surface area contributed by atoms with Gasteiger partial charge in [0.25, 0.3) is 0 Å². The molecule has 3 atom stereocenters. The molecule has 0 saturated heterocycles. The molecule has 0 aliphatic heterocycles. The summed E-state index contributed by atoms with van der Waals surface area (Å²) >= 11 is 7.45. The summed E-state index contributed by atoms with van der Waals surface area (Å²) in [6.07, 6.45) is 3.33. The van der Waals surface area contributed by atoms with Gasteiger partial charge >= 0.3 is 5.97 Å². The van der Waals surface area contributed by atoms with Crippen LogP contribution < -0.4 is 0 Å². The fourth-order valence-electron chi connectivity index (χ4n) is 3.54. The van der Waals surface area contributed by atoms with Crippen LogP contribution in [0.25, 0.3) is 11.1 Å². The molecule has 0 heterocycles. The Morgan fingerprint density at radius 2 is 1.56 bits per heavy atom. The summed E-state index contributed by atoms with van der Waals surface area (Å²) in [5, 5.41) is 10.2. The highest BCUT2D eigenvalue weighted by Gasteiger charge is 2.44. The molecule has 0 spiro atoms. The third-order valence-corrected chi connectivity index (χ3v) is 6.25. The van der Waals surface area contributed by atoms with Crippen LogP contribution in [0.1, 0.15) is 23.2 Å². The maximum absolute atomic E-state index is 12.8. The molecule has 1 aliphatic rings. The van der Waals surface area contributed by atoms with Crippen LogP contribution in [0.3, 0.4) is 0 Å². The summed E-state index contributed by atoms with van der Waals surface area (Å²) in [7, 11) is 0. The molecule has 2 aromatic carbocycles. The van der Waals surface area contributed by atoms with Crippen LogP contribution in [0, 0.1) is 11.8 Å². The van der Waals surface area contributed by atoms with Crippen molar-refractivity contribution in [1.29, 1.82) is 0 Å². The van der Waals surface area contributed by atoms with Crippen molar-refractivity contribution in [2.45, 2.75) is 18.1 Å². The fourth-order valence-corrected chi connectivity index (χ4v) is 4.63. The van der Waals surface area contributed by atoms with Crippen molar-refractivity contribution < 1.29 is 14.7 Å². The molecule has 0 amide bonds. The second-order valence-electron chi connectivity index (χ2n) is 6.27. The summed E-state index contributed by atoms with van der Waals surface area (Å²) < 4.78 is 0. The van der Waals surface area contributed by atoms with E-state index in [1.165, 1.54) is 0 Å². The average Bonchev–Trinajstić information content (AvgIpc) is 3.06. The van der Waals surface area contributed by atoms with E-state index in [0.29, 0.717) is 17.0 Å². The Balaban J connectivity index is 1.81. The first-order chi connectivity index (χ1) is 12.0. The molecule has 130 valence electrons. The van der Waals surface area contributed by atoms with E-state index in [9.17, 15) is 14.7 Å². The SMILES string of the molecule is CSC1CCC(C(=O)c2ccc(-c3ccc(Cl)cc3)cc2)C1C(=O)O. The normalized spacial score (nSPS) is 22.7. The second-order valence-corrected chi connectivity index (χ2v) is 7.78. The molecular formula is C20H19ClO3S. The summed E-state index contributed by atoms with van der Waals surface area (Å²) in [6.45, 7) is 0. The molecule has 1 aliphatic carbocycles. The van der Waals surface area contributed by atoms with Crippen LogP contribution in [0.2, 0.25) is 5.02 Å². The van der Waals surface area contributed by atoms with Crippen LogP contribution in [-0.2, 0) is 4.79 Å². The van der Waals surface area contributed by atoms with E-state index in [1.54, 1.807) is 23.9 Å². The molecule has 1 saturated carbocycles. The molecular weight excluding hydrogens is 356 g/mol. The first-order valence-corrected chi connectivity index (χ1v) is 9.83. The van der Waals surface area contributed by atoms with E-state index in [2.05, 4.69) is 0 Å². The van der Waals surface area contributed by atoms with Gasteiger partial charge in [-0.2, -0.15) is 11.8 Å². The zero-order chi connectivity index (χ0) is 18.0. The second kappa shape index (κ2) is 7.63. The molecule has 5 heteroatoms. The number of carboxylic acid groups (broad SMARTS) is 1. The lowest BCUT2D eigenvalue weighted by molar-refractivity contribution is -0.142. The van der Waals surface area contributed by atoms with Gasteiger partial charge in [-0.1, -0.05) is 48.0 Å². The third-order valence-electron chi connectivity index (χ3n) is 4.87. The molecule has 0 radical (unpaired) electrons. The molecule has 2 aromatic rings. The molecule has 0 aromatic heterocycles. The number of carbonyl (C=O) groups excluding carboxylic acids is 1. The van der Waals surface area contributed by atoms with Crippen molar-refractivity contribution in [3.05, 3.63) is 59.1 Å². The van der Waals surface area contributed by atoms with Crippen LogP contribution in [0.4, 0.5) is 0 Å². The Morgan fingerprint density at radius 3 is 2.08 bits per heavy atom. The predicted octanol–water partition coefficient (Wildman–Crippen LogP) is 5.03. The average molecular weight is 375 g/mol. The molecule has 1 N–H and O–H groups in total. The van der Waals surface area contributed by atoms with Crippen LogP contribution in [0.15, 0.2) is 48.5 Å². The Labute approximate surface area is 156 Å². The maximum Gasteiger partial charge on any atom is 0.308 e. The van der Waals surface area contributed by atoms with E-state index in [-0.39, 0.29) is 11.0 Å². The van der Waals surface area contributed by atoms with E-state index in [4.69, 9.17) is 11.6 Å².